The third kappa shape index (κ3) is 14.4. The largest absolute Gasteiger partial charge is 0.508 e. The Morgan fingerprint density at radius 2 is 0.564 bits per heavy atom. The molecule has 560 valence electrons. The van der Waals surface area contributed by atoms with Crippen LogP contribution in [0, 0.1) is 6.92 Å². The molecular weight excluding hydrogens is 1450 g/mol. The zero-order valence-corrected chi connectivity index (χ0v) is 55.8. The Kier molecular flexibility index (Phi) is 20.0. The van der Waals surface area contributed by atoms with Gasteiger partial charge in [0, 0.05) is 89.0 Å². The highest BCUT2D eigenvalue weighted by atomic mass is 16.5. The van der Waals surface area contributed by atoms with E-state index in [0.29, 0.717) is 5.56 Å². The number of hydrogen-bond donors (Lipinski definition) is 22. The number of fused-ring (bicyclic) bond motifs is 5. The minimum atomic E-state index is -0.916. The van der Waals surface area contributed by atoms with Gasteiger partial charge >= 0.3 is 0 Å². The molecule has 33 nitrogen and oxygen atoms in total. The summed E-state index contributed by atoms with van der Waals surface area (Å²) in [6, 6.07) is 32.2. The van der Waals surface area contributed by atoms with Crippen molar-refractivity contribution in [3.05, 3.63) is 214 Å². The Hall–Kier alpha value is -16.4. The Morgan fingerprint density at radius 1 is 0.245 bits per heavy atom. The SMILES string of the molecule is COc1ccc(-c2oc3cc(O)cc(O)c3c(=O)c2O)cc1O.Cc1c(-c2cc(O)c(O)c(O)c2)oc2cc(O)cc(O)c2c1=O.O=c1c(O)c(-c2ccc(O)cc2)oc2cc(O)cc(O)c12.O=c1c(O)c(-c2ccc(O)cc2O)oc2cc(O)cc(O)c12.O=c1c(O)c(-c2ccccc2O)oc2cc(O)cc(O)c12. The summed E-state index contributed by atoms with van der Waals surface area (Å²) in [7, 11) is 1.38. The van der Waals surface area contributed by atoms with Crippen LogP contribution < -0.4 is 31.9 Å². The molecular formula is C77H54O33. The second-order valence-corrected chi connectivity index (χ2v) is 23.5. The summed E-state index contributed by atoms with van der Waals surface area (Å²) < 4.78 is 32.0. The molecule has 33 heteroatoms. The van der Waals surface area contributed by atoms with Gasteiger partial charge in [-0.15, -0.1) is 0 Å². The van der Waals surface area contributed by atoms with E-state index in [0.717, 1.165) is 66.7 Å². The van der Waals surface area contributed by atoms with Gasteiger partial charge < -0.3 is 139 Å². The molecule has 15 rings (SSSR count). The first-order chi connectivity index (χ1) is 52.0. The minimum Gasteiger partial charge on any atom is -0.508 e. The van der Waals surface area contributed by atoms with Gasteiger partial charge in [0.15, 0.2) is 57.2 Å². The molecule has 0 fully saturated rings. The lowest BCUT2D eigenvalue weighted by atomic mass is 10.0. The van der Waals surface area contributed by atoms with Gasteiger partial charge in [-0.1, -0.05) is 12.1 Å². The van der Waals surface area contributed by atoms with Crippen LogP contribution in [0.3, 0.4) is 0 Å². The van der Waals surface area contributed by atoms with Gasteiger partial charge in [-0.05, 0) is 85.8 Å². The maximum absolute atomic E-state index is 12.4. The van der Waals surface area contributed by atoms with Gasteiger partial charge in [0.1, 0.15) is 141 Å². The Bertz CT molecular complexity index is 6540. The molecule has 5 aromatic heterocycles. The number of para-hydroxylation sites is 1. The van der Waals surface area contributed by atoms with E-state index in [9.17, 15) is 136 Å². The molecule has 0 spiro atoms. The number of methoxy groups -OCH3 is 1. The van der Waals surface area contributed by atoms with Crippen molar-refractivity contribution in [1.29, 1.82) is 0 Å². The Balaban J connectivity index is 0.000000136. The summed E-state index contributed by atoms with van der Waals surface area (Å²) >= 11 is 0. The molecule has 0 saturated heterocycles. The Labute approximate surface area is 609 Å². The van der Waals surface area contributed by atoms with Gasteiger partial charge in [0.2, 0.25) is 44.7 Å². The lowest BCUT2D eigenvalue weighted by Crippen LogP contribution is -2.07. The highest BCUT2D eigenvalue weighted by molar-refractivity contribution is 5.93. The van der Waals surface area contributed by atoms with Crippen LogP contribution in [-0.4, -0.2) is 119 Å². The summed E-state index contributed by atoms with van der Waals surface area (Å²) in [5, 5.41) is 211. The second-order valence-electron chi connectivity index (χ2n) is 23.5. The Morgan fingerprint density at radius 3 is 0.945 bits per heavy atom. The van der Waals surface area contributed by atoms with Crippen LogP contribution in [0.15, 0.2) is 204 Å². The van der Waals surface area contributed by atoms with E-state index in [4.69, 9.17) is 26.8 Å². The third-order valence-electron chi connectivity index (χ3n) is 16.2. The topological polar surface area (TPSA) is 605 Å². The molecule has 10 aromatic carbocycles. The number of phenolic OH excluding ortho intramolecular Hbond substituents is 18. The standard InChI is InChI=1S/2C16H12O7.C15H10O7.2C15H10O6/c1-6-14(21)13-9(18)4-8(17)5-12(13)23-16(6)7-2-10(19)15(22)11(20)3-7;1-22-11-3-2-7(4-9(11)18)16-15(21)14(20)13-10(19)5-8(17)6-12(13)23-16;16-6-1-2-8(9(18)3-6)15-14(21)13(20)12-10(19)4-7(17)5-11(12)22-15;16-8-3-1-7(2-4-8)15-14(20)13(19)12-10(18)5-9(17)6-11(12)21-15;16-7-5-10(18)12-11(6-7)21-15(14(20)13(12)19)8-3-1-2-4-9(8)17/h2-5,17-20,22H,1H3;2-6,17-19,21H,1H3;1-5,16-19,21H;2*1-6,16-18,20H. The average Bonchev–Trinajstić information content (AvgIpc) is 0.785. The van der Waals surface area contributed by atoms with E-state index >= 15 is 0 Å². The molecule has 0 aliphatic carbocycles. The van der Waals surface area contributed by atoms with E-state index in [1.807, 2.05) is 0 Å². The number of benzene rings is 10. The monoisotopic (exact) mass is 1510 g/mol. The number of phenols is 18. The lowest BCUT2D eigenvalue weighted by molar-refractivity contribution is 0.368. The zero-order valence-electron chi connectivity index (χ0n) is 55.8. The van der Waals surface area contributed by atoms with Crippen LogP contribution in [-0.2, 0) is 0 Å². The van der Waals surface area contributed by atoms with Crippen molar-refractivity contribution in [1.82, 2.24) is 0 Å². The normalized spacial score (nSPS) is 10.9. The van der Waals surface area contributed by atoms with Crippen molar-refractivity contribution in [2.75, 3.05) is 7.11 Å². The van der Waals surface area contributed by atoms with Crippen molar-refractivity contribution < 1.29 is 139 Å². The molecule has 0 atom stereocenters. The fourth-order valence-corrected chi connectivity index (χ4v) is 11.1. The zero-order chi connectivity index (χ0) is 79.9. The average molecular weight is 1510 g/mol. The molecule has 110 heavy (non-hydrogen) atoms. The second kappa shape index (κ2) is 29.4. The highest BCUT2D eigenvalue weighted by Crippen LogP contribution is 2.45. The molecule has 0 aliphatic rings. The van der Waals surface area contributed by atoms with E-state index in [2.05, 4.69) is 0 Å². The van der Waals surface area contributed by atoms with Gasteiger partial charge in [-0.2, -0.15) is 0 Å². The van der Waals surface area contributed by atoms with E-state index < -0.39 is 102 Å². The van der Waals surface area contributed by atoms with Gasteiger partial charge in [0.25, 0.3) is 0 Å². The molecule has 0 saturated carbocycles. The van der Waals surface area contributed by atoms with Crippen molar-refractivity contribution in [2.45, 2.75) is 6.92 Å². The molecule has 0 unspecified atom stereocenters. The molecule has 0 radical (unpaired) electrons. The fourth-order valence-electron chi connectivity index (χ4n) is 11.1. The van der Waals surface area contributed by atoms with Crippen LogP contribution in [0.5, 0.6) is 132 Å². The van der Waals surface area contributed by atoms with Crippen molar-refractivity contribution in [2.24, 2.45) is 0 Å². The van der Waals surface area contributed by atoms with Gasteiger partial charge in [-0.25, -0.2) is 0 Å². The molecule has 0 amide bonds. The maximum atomic E-state index is 12.4. The first-order valence-electron chi connectivity index (χ1n) is 31.1. The van der Waals surface area contributed by atoms with Crippen LogP contribution in [0.2, 0.25) is 0 Å². The highest BCUT2D eigenvalue weighted by Gasteiger charge is 2.26. The quantitative estimate of drug-likeness (QED) is 0.0688. The van der Waals surface area contributed by atoms with Crippen LogP contribution in [0.25, 0.3) is 111 Å². The van der Waals surface area contributed by atoms with Crippen molar-refractivity contribution >= 4 is 54.8 Å². The molecule has 15 aromatic rings. The van der Waals surface area contributed by atoms with Gasteiger partial charge in [-0.3, -0.25) is 24.0 Å². The molecule has 0 aliphatic heterocycles. The van der Waals surface area contributed by atoms with Gasteiger partial charge in [0.05, 0.1) is 18.2 Å². The lowest BCUT2D eigenvalue weighted by Gasteiger charge is -2.10. The molecule has 22 N–H and O–H groups in total. The minimum absolute atomic E-state index is 0.0247. The van der Waals surface area contributed by atoms with E-state index in [1.165, 1.54) is 92.9 Å². The predicted molar refractivity (Wildman–Crippen MR) is 388 cm³/mol. The first kappa shape index (κ1) is 74.8. The van der Waals surface area contributed by atoms with Crippen molar-refractivity contribution in [3.8, 4) is 189 Å². The summed E-state index contributed by atoms with van der Waals surface area (Å²) in [6.07, 6.45) is 0. The number of rotatable bonds is 6. The van der Waals surface area contributed by atoms with Crippen LogP contribution in [0.1, 0.15) is 5.56 Å². The first-order valence-corrected chi connectivity index (χ1v) is 31.1. The summed E-state index contributed by atoms with van der Waals surface area (Å²) in [5.41, 5.74) is -3.47. The summed E-state index contributed by atoms with van der Waals surface area (Å²) in [6.45, 7) is 1.45. The van der Waals surface area contributed by atoms with Crippen LogP contribution >= 0.6 is 0 Å². The maximum Gasteiger partial charge on any atom is 0.238 e. The number of aromatic hydroxyl groups is 22. The number of ether oxygens (including phenoxy) is 1. The van der Waals surface area contributed by atoms with Crippen molar-refractivity contribution in [3.63, 3.8) is 0 Å². The van der Waals surface area contributed by atoms with E-state index in [-0.39, 0.29) is 169 Å². The number of hydrogen-bond acceptors (Lipinski definition) is 33. The third-order valence-corrected chi connectivity index (χ3v) is 16.2. The molecule has 5 heterocycles. The predicted octanol–water partition coefficient (Wildman–Crippen LogP) is 11.1. The van der Waals surface area contributed by atoms with Crippen LogP contribution in [0.4, 0.5) is 0 Å². The molecule has 0 bridgehead atoms. The van der Waals surface area contributed by atoms with E-state index in [1.54, 1.807) is 12.1 Å². The summed E-state index contributed by atoms with van der Waals surface area (Å²) in [4.78, 5) is 61.0. The summed E-state index contributed by atoms with van der Waals surface area (Å²) in [5.74, 6) is -10.4. The smallest absolute Gasteiger partial charge is 0.238 e. The fraction of sp³-hybridized carbons (Fsp3) is 0.0260.